The van der Waals surface area contributed by atoms with Crippen molar-refractivity contribution in [2.75, 3.05) is 20.2 Å². The zero-order valence-corrected chi connectivity index (χ0v) is 11.5. The monoisotopic (exact) mass is 260 g/mol. The summed E-state index contributed by atoms with van der Waals surface area (Å²) < 4.78 is 5.27. The highest BCUT2D eigenvalue weighted by Crippen LogP contribution is 2.29. The van der Waals surface area contributed by atoms with Gasteiger partial charge in [0.25, 0.3) is 0 Å². The number of rotatable bonds is 2. The van der Waals surface area contributed by atoms with Crippen molar-refractivity contribution in [3.8, 4) is 5.75 Å². The molecule has 2 aliphatic heterocycles. The van der Waals surface area contributed by atoms with E-state index >= 15 is 0 Å². The third-order valence-corrected chi connectivity index (χ3v) is 4.22. The number of carbonyl (C=O) groups excluding carboxylic acids is 1. The molecule has 1 amide bonds. The van der Waals surface area contributed by atoms with Gasteiger partial charge in [-0.2, -0.15) is 0 Å². The fourth-order valence-corrected chi connectivity index (χ4v) is 3.19. The SMILES string of the molecule is COc1ccc(C2NCC3CCCN3C2=O)cc1C. The molecule has 2 aliphatic rings. The lowest BCUT2D eigenvalue weighted by molar-refractivity contribution is -0.137. The number of benzene rings is 1. The van der Waals surface area contributed by atoms with Crippen LogP contribution in [0.4, 0.5) is 0 Å². The molecule has 0 bridgehead atoms. The highest BCUT2D eigenvalue weighted by molar-refractivity contribution is 5.84. The van der Waals surface area contributed by atoms with Gasteiger partial charge in [0.05, 0.1) is 7.11 Å². The van der Waals surface area contributed by atoms with Crippen molar-refractivity contribution in [2.24, 2.45) is 0 Å². The first-order chi connectivity index (χ1) is 9.20. The number of hydrogen-bond acceptors (Lipinski definition) is 3. The van der Waals surface area contributed by atoms with E-state index in [0.29, 0.717) is 6.04 Å². The molecular formula is C15H20N2O2. The Morgan fingerprint density at radius 3 is 3.00 bits per heavy atom. The number of ether oxygens (including phenoxy) is 1. The topological polar surface area (TPSA) is 41.6 Å². The van der Waals surface area contributed by atoms with Crippen LogP contribution in [-0.2, 0) is 4.79 Å². The van der Waals surface area contributed by atoms with Crippen LogP contribution in [0.1, 0.15) is 30.0 Å². The van der Waals surface area contributed by atoms with Gasteiger partial charge >= 0.3 is 0 Å². The average Bonchev–Trinajstić information content (AvgIpc) is 2.88. The number of aryl methyl sites for hydroxylation is 1. The second-order valence-electron chi connectivity index (χ2n) is 5.40. The summed E-state index contributed by atoms with van der Waals surface area (Å²) in [7, 11) is 1.67. The smallest absolute Gasteiger partial charge is 0.244 e. The molecule has 102 valence electrons. The summed E-state index contributed by atoms with van der Waals surface area (Å²) in [6.07, 6.45) is 2.26. The molecule has 1 N–H and O–H groups in total. The molecule has 1 aromatic carbocycles. The minimum absolute atomic E-state index is 0.195. The number of methoxy groups -OCH3 is 1. The van der Waals surface area contributed by atoms with E-state index in [2.05, 4.69) is 5.32 Å². The highest BCUT2D eigenvalue weighted by atomic mass is 16.5. The maximum atomic E-state index is 12.5. The molecule has 19 heavy (non-hydrogen) atoms. The van der Waals surface area contributed by atoms with Crippen LogP contribution in [-0.4, -0.2) is 37.0 Å². The van der Waals surface area contributed by atoms with Crippen LogP contribution in [0.5, 0.6) is 5.75 Å². The summed E-state index contributed by atoms with van der Waals surface area (Å²) in [4.78, 5) is 14.5. The highest BCUT2D eigenvalue weighted by Gasteiger charge is 2.38. The van der Waals surface area contributed by atoms with Gasteiger partial charge in [0, 0.05) is 19.1 Å². The zero-order valence-electron chi connectivity index (χ0n) is 11.5. The van der Waals surface area contributed by atoms with E-state index < -0.39 is 0 Å². The molecule has 4 heteroatoms. The third kappa shape index (κ3) is 2.10. The van der Waals surface area contributed by atoms with Gasteiger partial charge in [-0.1, -0.05) is 12.1 Å². The Kier molecular flexibility index (Phi) is 3.19. The first-order valence-corrected chi connectivity index (χ1v) is 6.89. The fraction of sp³-hybridized carbons (Fsp3) is 0.533. The predicted molar refractivity (Wildman–Crippen MR) is 73.2 cm³/mol. The molecule has 0 aromatic heterocycles. The van der Waals surface area contributed by atoms with Gasteiger partial charge < -0.3 is 15.0 Å². The van der Waals surface area contributed by atoms with Crippen molar-refractivity contribution >= 4 is 5.91 Å². The molecule has 1 aromatic rings. The van der Waals surface area contributed by atoms with Crippen LogP contribution in [0.15, 0.2) is 18.2 Å². The molecule has 2 heterocycles. The van der Waals surface area contributed by atoms with Gasteiger partial charge in [-0.3, -0.25) is 4.79 Å². The summed E-state index contributed by atoms with van der Waals surface area (Å²) in [5, 5.41) is 3.39. The van der Waals surface area contributed by atoms with Crippen LogP contribution in [0.25, 0.3) is 0 Å². The lowest BCUT2D eigenvalue weighted by atomic mass is 9.99. The van der Waals surface area contributed by atoms with Gasteiger partial charge in [-0.25, -0.2) is 0 Å². The first kappa shape index (κ1) is 12.5. The van der Waals surface area contributed by atoms with E-state index in [1.165, 1.54) is 0 Å². The molecule has 2 unspecified atom stereocenters. The van der Waals surface area contributed by atoms with Crippen LogP contribution in [0.2, 0.25) is 0 Å². The predicted octanol–water partition coefficient (Wildman–Crippen LogP) is 1.64. The lowest BCUT2D eigenvalue weighted by Gasteiger charge is -2.35. The minimum atomic E-state index is -0.195. The minimum Gasteiger partial charge on any atom is -0.496 e. The van der Waals surface area contributed by atoms with Gasteiger partial charge in [-0.05, 0) is 37.0 Å². The Bertz CT molecular complexity index is 501. The van der Waals surface area contributed by atoms with Gasteiger partial charge in [0.15, 0.2) is 0 Å². The van der Waals surface area contributed by atoms with Gasteiger partial charge in [0.2, 0.25) is 5.91 Å². The van der Waals surface area contributed by atoms with E-state index in [-0.39, 0.29) is 11.9 Å². The molecule has 0 spiro atoms. The van der Waals surface area contributed by atoms with Crippen molar-refractivity contribution in [2.45, 2.75) is 31.8 Å². The van der Waals surface area contributed by atoms with Crippen molar-refractivity contribution in [3.05, 3.63) is 29.3 Å². The number of nitrogens with zero attached hydrogens (tertiary/aromatic N) is 1. The molecule has 2 atom stereocenters. The van der Waals surface area contributed by atoms with Crippen molar-refractivity contribution in [1.29, 1.82) is 0 Å². The summed E-state index contributed by atoms with van der Waals surface area (Å²) in [5.74, 6) is 1.09. The maximum absolute atomic E-state index is 12.5. The molecule has 3 rings (SSSR count). The van der Waals surface area contributed by atoms with E-state index in [1.807, 2.05) is 30.0 Å². The number of carbonyl (C=O) groups is 1. The van der Waals surface area contributed by atoms with E-state index in [0.717, 1.165) is 42.8 Å². The largest absolute Gasteiger partial charge is 0.496 e. The van der Waals surface area contributed by atoms with Crippen molar-refractivity contribution in [3.63, 3.8) is 0 Å². The van der Waals surface area contributed by atoms with Crippen molar-refractivity contribution in [1.82, 2.24) is 10.2 Å². The van der Waals surface area contributed by atoms with Crippen molar-refractivity contribution < 1.29 is 9.53 Å². The number of nitrogens with one attached hydrogen (secondary N) is 1. The standard InChI is InChI=1S/C15H20N2O2/c1-10-8-11(5-6-13(10)19-2)14-15(18)17-7-3-4-12(17)9-16-14/h5-6,8,12,14,16H,3-4,7,9H2,1-2H3. The van der Waals surface area contributed by atoms with Crippen LogP contribution >= 0.6 is 0 Å². The van der Waals surface area contributed by atoms with Crippen LogP contribution < -0.4 is 10.1 Å². The Labute approximate surface area is 113 Å². The number of amides is 1. The Morgan fingerprint density at radius 2 is 2.26 bits per heavy atom. The Balaban J connectivity index is 1.86. The quantitative estimate of drug-likeness (QED) is 0.879. The van der Waals surface area contributed by atoms with E-state index in [1.54, 1.807) is 7.11 Å². The molecule has 0 radical (unpaired) electrons. The van der Waals surface area contributed by atoms with Crippen LogP contribution in [0, 0.1) is 6.92 Å². The average molecular weight is 260 g/mol. The Hall–Kier alpha value is -1.55. The second-order valence-corrected chi connectivity index (χ2v) is 5.40. The second kappa shape index (κ2) is 4.85. The number of hydrogen-bond donors (Lipinski definition) is 1. The molecular weight excluding hydrogens is 240 g/mol. The zero-order chi connectivity index (χ0) is 13.4. The van der Waals surface area contributed by atoms with E-state index in [4.69, 9.17) is 4.74 Å². The first-order valence-electron chi connectivity index (χ1n) is 6.89. The molecule has 2 fully saturated rings. The van der Waals surface area contributed by atoms with E-state index in [9.17, 15) is 4.79 Å². The third-order valence-electron chi connectivity index (χ3n) is 4.22. The lowest BCUT2D eigenvalue weighted by Crippen LogP contribution is -2.53. The summed E-state index contributed by atoms with van der Waals surface area (Å²) in [6, 6.07) is 6.18. The Morgan fingerprint density at radius 1 is 1.42 bits per heavy atom. The summed E-state index contributed by atoms with van der Waals surface area (Å²) in [5.41, 5.74) is 2.10. The van der Waals surface area contributed by atoms with Crippen LogP contribution in [0.3, 0.4) is 0 Å². The number of fused-ring (bicyclic) bond motifs is 1. The fourth-order valence-electron chi connectivity index (χ4n) is 3.19. The molecule has 2 saturated heterocycles. The molecule has 0 saturated carbocycles. The normalized spacial score (nSPS) is 26.4. The molecule has 0 aliphatic carbocycles. The molecule has 4 nitrogen and oxygen atoms in total. The summed E-state index contributed by atoms with van der Waals surface area (Å²) in [6.45, 7) is 3.83. The summed E-state index contributed by atoms with van der Waals surface area (Å²) >= 11 is 0. The van der Waals surface area contributed by atoms with Gasteiger partial charge in [0.1, 0.15) is 11.8 Å². The maximum Gasteiger partial charge on any atom is 0.244 e. The number of piperazine rings is 1. The van der Waals surface area contributed by atoms with Gasteiger partial charge in [-0.15, -0.1) is 0 Å².